The van der Waals surface area contributed by atoms with Crippen molar-refractivity contribution < 1.29 is 12.8 Å². The van der Waals surface area contributed by atoms with E-state index in [2.05, 4.69) is 9.71 Å². The lowest BCUT2D eigenvalue weighted by atomic mass is 10.2. The van der Waals surface area contributed by atoms with Crippen LogP contribution in [0.2, 0.25) is 0 Å². The first-order chi connectivity index (χ1) is 9.83. The predicted octanol–water partition coefficient (Wildman–Crippen LogP) is 2.09. The Morgan fingerprint density at radius 3 is 2.76 bits per heavy atom. The van der Waals surface area contributed by atoms with Crippen molar-refractivity contribution in [2.24, 2.45) is 5.73 Å². The zero-order valence-electron chi connectivity index (χ0n) is 11.6. The van der Waals surface area contributed by atoms with Gasteiger partial charge in [0.05, 0.1) is 6.04 Å². The molecule has 1 aromatic heterocycles. The maximum Gasteiger partial charge on any atom is 0.244 e. The molecule has 0 aliphatic carbocycles. The first-order valence-corrected chi connectivity index (χ1v) is 8.62. The van der Waals surface area contributed by atoms with Crippen molar-refractivity contribution in [1.29, 1.82) is 0 Å². The summed E-state index contributed by atoms with van der Waals surface area (Å²) in [6.45, 7) is 3.64. The monoisotopic (exact) mass is 329 g/mol. The van der Waals surface area contributed by atoms with E-state index in [1.54, 1.807) is 6.92 Å². The average Bonchev–Trinajstić information content (AvgIpc) is 2.85. The second-order valence-corrected chi connectivity index (χ2v) is 7.21. The number of thiazole rings is 1. The van der Waals surface area contributed by atoms with Crippen molar-refractivity contribution >= 4 is 21.4 Å². The van der Waals surface area contributed by atoms with E-state index in [0.717, 1.165) is 11.8 Å². The van der Waals surface area contributed by atoms with Crippen LogP contribution in [0.25, 0.3) is 0 Å². The quantitative estimate of drug-likeness (QED) is 0.879. The molecule has 21 heavy (non-hydrogen) atoms. The van der Waals surface area contributed by atoms with E-state index >= 15 is 0 Å². The van der Waals surface area contributed by atoms with E-state index < -0.39 is 26.8 Å². The number of aromatic nitrogens is 1. The van der Waals surface area contributed by atoms with E-state index in [-0.39, 0.29) is 6.54 Å². The van der Waals surface area contributed by atoms with E-state index in [0.29, 0.717) is 10.6 Å². The van der Waals surface area contributed by atoms with Crippen molar-refractivity contribution in [2.75, 3.05) is 0 Å². The summed E-state index contributed by atoms with van der Waals surface area (Å²) in [6.07, 6.45) is 0. The van der Waals surface area contributed by atoms with Crippen molar-refractivity contribution in [3.05, 3.63) is 45.7 Å². The number of halogens is 1. The minimum absolute atomic E-state index is 0.143. The molecule has 0 aliphatic heterocycles. The largest absolute Gasteiger partial charge is 0.326 e. The number of nitrogens with zero attached hydrogens (tertiary/aromatic N) is 1. The highest BCUT2D eigenvalue weighted by Gasteiger charge is 2.23. The van der Waals surface area contributed by atoms with Crippen molar-refractivity contribution in [3.63, 3.8) is 0 Å². The minimum Gasteiger partial charge on any atom is -0.326 e. The average molecular weight is 329 g/mol. The van der Waals surface area contributed by atoms with Crippen LogP contribution in [0.1, 0.15) is 29.2 Å². The smallest absolute Gasteiger partial charge is 0.244 e. The third kappa shape index (κ3) is 3.65. The molecule has 1 aromatic carbocycles. The SMILES string of the molecule is Cc1csc(C(C)NS(=O)(=O)c2cc(CN)ccc2F)n1. The van der Waals surface area contributed by atoms with Crippen molar-refractivity contribution in [2.45, 2.75) is 31.3 Å². The Morgan fingerprint density at radius 1 is 1.48 bits per heavy atom. The fourth-order valence-electron chi connectivity index (χ4n) is 1.80. The first-order valence-electron chi connectivity index (χ1n) is 6.26. The summed E-state index contributed by atoms with van der Waals surface area (Å²) < 4.78 is 40.8. The number of hydrogen-bond donors (Lipinski definition) is 2. The normalized spacial score (nSPS) is 13.3. The van der Waals surface area contributed by atoms with Gasteiger partial charge >= 0.3 is 0 Å². The number of hydrogen-bond acceptors (Lipinski definition) is 5. The Morgan fingerprint density at radius 2 is 2.19 bits per heavy atom. The number of nitrogens with two attached hydrogens (primary N) is 1. The molecule has 1 heterocycles. The third-order valence-electron chi connectivity index (χ3n) is 2.86. The zero-order chi connectivity index (χ0) is 15.6. The highest BCUT2D eigenvalue weighted by molar-refractivity contribution is 7.89. The zero-order valence-corrected chi connectivity index (χ0v) is 13.3. The van der Waals surface area contributed by atoms with Crippen molar-refractivity contribution in [3.8, 4) is 0 Å². The van der Waals surface area contributed by atoms with Gasteiger partial charge in [-0.2, -0.15) is 0 Å². The molecular weight excluding hydrogens is 313 g/mol. The van der Waals surface area contributed by atoms with Crippen LogP contribution in [0.3, 0.4) is 0 Å². The van der Waals surface area contributed by atoms with Crippen LogP contribution < -0.4 is 10.5 Å². The molecule has 0 amide bonds. The Balaban J connectivity index is 2.30. The Kier molecular flexibility index (Phi) is 4.72. The van der Waals surface area contributed by atoms with Crippen LogP contribution in [-0.2, 0) is 16.6 Å². The first kappa shape index (κ1) is 16.0. The predicted molar refractivity (Wildman–Crippen MR) is 79.9 cm³/mol. The second kappa shape index (κ2) is 6.18. The van der Waals surface area contributed by atoms with E-state index in [4.69, 9.17) is 5.73 Å². The summed E-state index contributed by atoms with van der Waals surface area (Å²) in [5.74, 6) is -0.804. The van der Waals surface area contributed by atoms with Gasteiger partial charge in [-0.3, -0.25) is 0 Å². The molecule has 0 bridgehead atoms. The molecule has 3 N–H and O–H groups in total. The standard InChI is InChI=1S/C13H16FN3O2S2/c1-8-7-20-13(16-8)9(2)17-21(18,19)12-5-10(6-15)3-4-11(12)14/h3-5,7,9,17H,6,15H2,1-2H3. The molecule has 0 saturated carbocycles. The Hall–Kier alpha value is -1.35. The summed E-state index contributed by atoms with van der Waals surface area (Å²) in [5, 5.41) is 2.46. The van der Waals surface area contributed by atoms with Gasteiger partial charge in [0.1, 0.15) is 15.7 Å². The number of rotatable bonds is 5. The molecule has 8 heteroatoms. The lowest BCUT2D eigenvalue weighted by molar-refractivity contribution is 0.546. The number of aryl methyl sites for hydroxylation is 1. The molecule has 1 unspecified atom stereocenters. The highest BCUT2D eigenvalue weighted by atomic mass is 32.2. The van der Waals surface area contributed by atoms with Crippen molar-refractivity contribution in [1.82, 2.24) is 9.71 Å². The summed E-state index contributed by atoms with van der Waals surface area (Å²) in [7, 11) is -3.98. The van der Waals surface area contributed by atoms with E-state index in [9.17, 15) is 12.8 Å². The van der Waals surface area contributed by atoms with Gasteiger partial charge in [-0.1, -0.05) is 6.07 Å². The summed E-state index contributed by atoms with van der Waals surface area (Å²) >= 11 is 1.35. The third-order valence-corrected chi connectivity index (χ3v) is 5.56. The van der Waals surface area contributed by atoms with Gasteiger partial charge in [0, 0.05) is 17.6 Å². The van der Waals surface area contributed by atoms with Crippen LogP contribution in [0, 0.1) is 12.7 Å². The summed E-state index contributed by atoms with van der Waals surface area (Å²) in [6, 6.07) is 3.28. The topological polar surface area (TPSA) is 85.1 Å². The van der Waals surface area contributed by atoms with Crippen LogP contribution in [0.15, 0.2) is 28.5 Å². The highest BCUT2D eigenvalue weighted by Crippen LogP contribution is 2.22. The Labute approximate surface area is 127 Å². The van der Waals surface area contributed by atoms with Gasteiger partial charge in [0.25, 0.3) is 0 Å². The fraction of sp³-hybridized carbons (Fsp3) is 0.308. The molecule has 5 nitrogen and oxygen atoms in total. The number of nitrogens with one attached hydrogen (secondary N) is 1. The van der Waals surface area contributed by atoms with Gasteiger partial charge in [0.15, 0.2) is 0 Å². The molecule has 0 radical (unpaired) electrons. The molecule has 2 aromatic rings. The van der Waals surface area contributed by atoms with Gasteiger partial charge in [-0.15, -0.1) is 11.3 Å². The molecule has 0 saturated heterocycles. The molecule has 0 aliphatic rings. The van der Waals surface area contributed by atoms with Crippen LogP contribution in [0.5, 0.6) is 0 Å². The van der Waals surface area contributed by atoms with Crippen LogP contribution >= 0.6 is 11.3 Å². The lowest BCUT2D eigenvalue weighted by Crippen LogP contribution is -2.27. The maximum atomic E-state index is 13.8. The van der Waals surface area contributed by atoms with Gasteiger partial charge < -0.3 is 5.73 Å². The number of benzene rings is 1. The lowest BCUT2D eigenvalue weighted by Gasteiger charge is -2.13. The van der Waals surface area contributed by atoms with E-state index in [1.165, 1.54) is 23.5 Å². The molecule has 0 spiro atoms. The van der Waals surface area contributed by atoms with E-state index in [1.807, 2.05) is 12.3 Å². The Bertz CT molecular complexity index is 744. The minimum atomic E-state index is -3.98. The molecule has 1 atom stereocenters. The number of sulfonamides is 1. The molecule has 114 valence electrons. The van der Waals surface area contributed by atoms with Gasteiger partial charge in [-0.25, -0.2) is 22.5 Å². The molecule has 2 rings (SSSR count). The molecule has 0 fully saturated rings. The summed E-state index contributed by atoms with van der Waals surface area (Å²) in [4.78, 5) is 3.82. The summed E-state index contributed by atoms with van der Waals surface area (Å²) in [5.41, 5.74) is 6.83. The maximum absolute atomic E-state index is 13.8. The molecular formula is C13H16FN3O2S2. The fourth-order valence-corrected chi connectivity index (χ4v) is 4.01. The second-order valence-electron chi connectivity index (χ2n) is 4.64. The van der Waals surface area contributed by atoms with Gasteiger partial charge in [-0.05, 0) is 31.5 Å². The van der Waals surface area contributed by atoms with Crippen LogP contribution in [-0.4, -0.2) is 13.4 Å². The van der Waals surface area contributed by atoms with Crippen LogP contribution in [0.4, 0.5) is 4.39 Å². The van der Waals surface area contributed by atoms with Gasteiger partial charge in [0.2, 0.25) is 10.0 Å².